The zero-order valence-electron chi connectivity index (χ0n) is 11.1. The van der Waals surface area contributed by atoms with Gasteiger partial charge in [-0.2, -0.15) is 0 Å². The van der Waals surface area contributed by atoms with E-state index in [4.69, 9.17) is 10.5 Å². The number of hydrogen-bond acceptors (Lipinski definition) is 3. The van der Waals surface area contributed by atoms with Crippen LogP contribution in [0, 0.1) is 6.92 Å². The first kappa shape index (κ1) is 11.9. The number of para-hydroxylation sites is 3. The molecule has 0 unspecified atom stereocenters. The summed E-state index contributed by atoms with van der Waals surface area (Å²) in [5.41, 5.74) is 10.4. The summed E-state index contributed by atoms with van der Waals surface area (Å²) < 4.78 is 5.79. The molecule has 0 aromatic heterocycles. The van der Waals surface area contributed by atoms with Gasteiger partial charge in [-0.3, -0.25) is 0 Å². The Kier molecular flexibility index (Phi) is 3.03. The highest BCUT2D eigenvalue weighted by molar-refractivity contribution is 5.79. The molecule has 3 heteroatoms. The average Bonchev–Trinajstić information content (AvgIpc) is 2.64. The van der Waals surface area contributed by atoms with Crippen LogP contribution in [0.4, 0.5) is 17.1 Å². The van der Waals surface area contributed by atoms with Crippen LogP contribution in [0.2, 0.25) is 0 Å². The second-order valence-corrected chi connectivity index (χ2v) is 4.83. The van der Waals surface area contributed by atoms with Crippen molar-refractivity contribution in [2.45, 2.75) is 13.3 Å². The van der Waals surface area contributed by atoms with Crippen LogP contribution in [-0.4, -0.2) is 13.2 Å². The van der Waals surface area contributed by atoms with Gasteiger partial charge in [-0.1, -0.05) is 24.3 Å². The Morgan fingerprint density at radius 3 is 2.74 bits per heavy atom. The number of aryl methyl sites for hydroxylation is 1. The largest absolute Gasteiger partial charge is 0.491 e. The van der Waals surface area contributed by atoms with Gasteiger partial charge in [-0.25, -0.2) is 0 Å². The number of fused-ring (bicyclic) bond motifs is 1. The molecule has 0 aliphatic carbocycles. The number of anilines is 3. The molecule has 0 bridgehead atoms. The first-order valence-electron chi connectivity index (χ1n) is 6.62. The standard InChI is InChI=1S/C16H18N2O/c1-12-6-4-8-14(16(12)17)18-10-5-11-19-15-9-3-2-7-13(15)18/h2-4,6-9H,5,10-11,17H2,1H3. The van der Waals surface area contributed by atoms with Gasteiger partial charge in [0.25, 0.3) is 0 Å². The summed E-state index contributed by atoms with van der Waals surface area (Å²) in [4.78, 5) is 2.25. The van der Waals surface area contributed by atoms with Crippen LogP contribution in [0.15, 0.2) is 42.5 Å². The van der Waals surface area contributed by atoms with E-state index in [9.17, 15) is 0 Å². The van der Waals surface area contributed by atoms with Gasteiger partial charge in [-0.15, -0.1) is 0 Å². The molecule has 2 aromatic carbocycles. The Hall–Kier alpha value is -2.16. The number of nitrogen functional groups attached to an aromatic ring is 1. The third-order valence-corrected chi connectivity index (χ3v) is 3.53. The minimum Gasteiger partial charge on any atom is -0.491 e. The summed E-state index contributed by atoms with van der Waals surface area (Å²) >= 11 is 0. The van der Waals surface area contributed by atoms with E-state index in [0.29, 0.717) is 0 Å². The summed E-state index contributed by atoms with van der Waals surface area (Å²) in [6.45, 7) is 3.71. The van der Waals surface area contributed by atoms with E-state index in [0.717, 1.165) is 47.9 Å². The van der Waals surface area contributed by atoms with Crippen molar-refractivity contribution in [3.05, 3.63) is 48.0 Å². The predicted octanol–water partition coefficient (Wildman–Crippen LogP) is 3.50. The van der Waals surface area contributed by atoms with E-state index in [2.05, 4.69) is 23.1 Å². The Balaban J connectivity index is 2.12. The van der Waals surface area contributed by atoms with Gasteiger partial charge in [-0.05, 0) is 37.1 Å². The molecule has 0 saturated carbocycles. The van der Waals surface area contributed by atoms with Crippen molar-refractivity contribution in [1.29, 1.82) is 0 Å². The smallest absolute Gasteiger partial charge is 0.142 e. The summed E-state index contributed by atoms with van der Waals surface area (Å²) in [6, 6.07) is 14.3. The summed E-state index contributed by atoms with van der Waals surface area (Å²) in [5, 5.41) is 0. The Morgan fingerprint density at radius 1 is 1.05 bits per heavy atom. The molecule has 0 saturated heterocycles. The van der Waals surface area contributed by atoms with Crippen LogP contribution < -0.4 is 15.4 Å². The van der Waals surface area contributed by atoms with Crippen LogP contribution in [0.3, 0.4) is 0 Å². The van der Waals surface area contributed by atoms with Gasteiger partial charge >= 0.3 is 0 Å². The summed E-state index contributed by atoms with van der Waals surface area (Å²) in [6.07, 6.45) is 0.988. The molecule has 0 atom stereocenters. The molecular formula is C16H18N2O. The van der Waals surface area contributed by atoms with E-state index >= 15 is 0 Å². The zero-order valence-corrected chi connectivity index (χ0v) is 11.1. The molecule has 0 spiro atoms. The lowest BCUT2D eigenvalue weighted by Gasteiger charge is -2.25. The molecule has 19 heavy (non-hydrogen) atoms. The van der Waals surface area contributed by atoms with Gasteiger partial charge in [0.05, 0.1) is 23.7 Å². The fourth-order valence-corrected chi connectivity index (χ4v) is 2.48. The number of benzene rings is 2. The van der Waals surface area contributed by atoms with E-state index in [-0.39, 0.29) is 0 Å². The highest BCUT2D eigenvalue weighted by Gasteiger charge is 2.19. The van der Waals surface area contributed by atoms with Gasteiger partial charge in [0, 0.05) is 6.54 Å². The Labute approximate surface area is 113 Å². The van der Waals surface area contributed by atoms with E-state index in [1.807, 2.05) is 31.2 Å². The monoisotopic (exact) mass is 254 g/mol. The van der Waals surface area contributed by atoms with E-state index < -0.39 is 0 Å². The molecule has 3 nitrogen and oxygen atoms in total. The SMILES string of the molecule is Cc1cccc(N2CCCOc3ccccc32)c1N. The molecule has 1 heterocycles. The maximum atomic E-state index is 6.24. The number of hydrogen-bond donors (Lipinski definition) is 1. The van der Waals surface area contributed by atoms with Crippen molar-refractivity contribution < 1.29 is 4.74 Å². The normalized spacial score (nSPS) is 14.5. The number of rotatable bonds is 1. The fraction of sp³-hybridized carbons (Fsp3) is 0.250. The van der Waals surface area contributed by atoms with Crippen LogP contribution in [-0.2, 0) is 0 Å². The molecule has 3 rings (SSSR count). The molecule has 0 radical (unpaired) electrons. The van der Waals surface area contributed by atoms with Crippen LogP contribution >= 0.6 is 0 Å². The van der Waals surface area contributed by atoms with Crippen LogP contribution in [0.25, 0.3) is 0 Å². The minimum absolute atomic E-state index is 0.749. The lowest BCUT2D eigenvalue weighted by atomic mass is 10.1. The second kappa shape index (κ2) is 4.84. The Morgan fingerprint density at radius 2 is 1.84 bits per heavy atom. The van der Waals surface area contributed by atoms with E-state index in [1.54, 1.807) is 0 Å². The second-order valence-electron chi connectivity index (χ2n) is 4.83. The maximum Gasteiger partial charge on any atom is 0.142 e. The van der Waals surface area contributed by atoms with Crippen molar-refractivity contribution in [1.82, 2.24) is 0 Å². The summed E-state index contributed by atoms with van der Waals surface area (Å²) in [7, 11) is 0. The third kappa shape index (κ3) is 2.12. The number of ether oxygens (including phenoxy) is 1. The number of nitrogens with zero attached hydrogens (tertiary/aromatic N) is 1. The quantitative estimate of drug-likeness (QED) is 0.792. The topological polar surface area (TPSA) is 38.5 Å². The number of nitrogens with two attached hydrogens (primary N) is 1. The van der Waals surface area contributed by atoms with Crippen molar-refractivity contribution in [3.8, 4) is 5.75 Å². The fourth-order valence-electron chi connectivity index (χ4n) is 2.48. The Bertz CT molecular complexity index is 595. The average molecular weight is 254 g/mol. The molecule has 0 amide bonds. The first-order valence-corrected chi connectivity index (χ1v) is 6.62. The van der Waals surface area contributed by atoms with Crippen LogP contribution in [0.5, 0.6) is 5.75 Å². The highest BCUT2D eigenvalue weighted by atomic mass is 16.5. The van der Waals surface area contributed by atoms with Gasteiger partial charge in [0.15, 0.2) is 0 Å². The molecule has 0 fully saturated rings. The predicted molar refractivity (Wildman–Crippen MR) is 79.2 cm³/mol. The molecule has 2 N–H and O–H groups in total. The molecule has 1 aliphatic rings. The van der Waals surface area contributed by atoms with Crippen molar-refractivity contribution in [3.63, 3.8) is 0 Å². The van der Waals surface area contributed by atoms with E-state index in [1.165, 1.54) is 0 Å². The summed E-state index contributed by atoms with van der Waals surface area (Å²) in [5.74, 6) is 0.931. The lowest BCUT2D eigenvalue weighted by molar-refractivity contribution is 0.322. The molecule has 1 aliphatic heterocycles. The van der Waals surface area contributed by atoms with Crippen molar-refractivity contribution >= 4 is 17.1 Å². The molecular weight excluding hydrogens is 236 g/mol. The van der Waals surface area contributed by atoms with Gasteiger partial charge < -0.3 is 15.4 Å². The van der Waals surface area contributed by atoms with Crippen LogP contribution in [0.1, 0.15) is 12.0 Å². The van der Waals surface area contributed by atoms with Gasteiger partial charge in [0.1, 0.15) is 5.75 Å². The van der Waals surface area contributed by atoms with Crippen molar-refractivity contribution in [2.24, 2.45) is 0 Å². The molecule has 2 aromatic rings. The minimum atomic E-state index is 0.749. The highest BCUT2D eigenvalue weighted by Crippen LogP contribution is 2.38. The lowest BCUT2D eigenvalue weighted by Crippen LogP contribution is -2.19. The van der Waals surface area contributed by atoms with Crippen molar-refractivity contribution in [2.75, 3.05) is 23.8 Å². The first-order chi connectivity index (χ1) is 9.27. The zero-order chi connectivity index (χ0) is 13.2. The maximum absolute atomic E-state index is 6.24. The van der Waals surface area contributed by atoms with Gasteiger partial charge in [0.2, 0.25) is 0 Å². The third-order valence-electron chi connectivity index (χ3n) is 3.53. The molecule has 98 valence electrons.